The Hall–Kier alpha value is -2.16. The fourth-order valence-electron chi connectivity index (χ4n) is 3.90. The van der Waals surface area contributed by atoms with Gasteiger partial charge in [0.1, 0.15) is 11.5 Å². The summed E-state index contributed by atoms with van der Waals surface area (Å²) in [6.07, 6.45) is 3.13. The molecule has 0 aliphatic carbocycles. The molecule has 7 heteroatoms. The summed E-state index contributed by atoms with van der Waals surface area (Å²) in [6.45, 7) is 4.93. The van der Waals surface area contributed by atoms with Crippen LogP contribution in [-0.4, -0.2) is 46.4 Å². The van der Waals surface area contributed by atoms with E-state index in [1.54, 1.807) is 14.2 Å². The zero-order valence-electron chi connectivity index (χ0n) is 19.0. The van der Waals surface area contributed by atoms with Crippen LogP contribution in [0.5, 0.6) is 11.5 Å². The number of aliphatic imine (C=N–C) groups is 1. The molecule has 6 nitrogen and oxygen atoms in total. The second-order valence-corrected chi connectivity index (χ2v) is 7.52. The van der Waals surface area contributed by atoms with Gasteiger partial charge in [0, 0.05) is 56.6 Å². The van der Waals surface area contributed by atoms with E-state index in [2.05, 4.69) is 63.8 Å². The zero-order chi connectivity index (χ0) is 21.3. The smallest absolute Gasteiger partial charge is 0.191 e. The van der Waals surface area contributed by atoms with Crippen molar-refractivity contribution in [1.82, 2.24) is 10.6 Å². The number of hydrogen-bond donors (Lipinski definition) is 2. The lowest BCUT2D eigenvalue weighted by atomic mass is 10.0. The first kappa shape index (κ1) is 25.1. The Morgan fingerprint density at radius 3 is 2.19 bits per heavy atom. The van der Waals surface area contributed by atoms with Gasteiger partial charge in [0.2, 0.25) is 0 Å². The van der Waals surface area contributed by atoms with Crippen LogP contribution >= 0.6 is 24.0 Å². The number of benzene rings is 2. The normalized spacial score (nSPS) is 14.6. The lowest BCUT2D eigenvalue weighted by Gasteiger charge is -2.34. The van der Waals surface area contributed by atoms with Crippen molar-refractivity contribution in [2.75, 3.05) is 39.3 Å². The van der Waals surface area contributed by atoms with E-state index in [0.29, 0.717) is 6.04 Å². The first-order chi connectivity index (χ1) is 14.7. The average molecular weight is 538 g/mol. The van der Waals surface area contributed by atoms with Crippen molar-refractivity contribution in [2.24, 2.45) is 4.99 Å². The molecule has 31 heavy (non-hydrogen) atoms. The number of nitrogens with one attached hydrogen (secondary N) is 2. The fraction of sp³-hybridized carbons (Fsp3) is 0.458. The predicted octanol–water partition coefficient (Wildman–Crippen LogP) is 4.22. The highest BCUT2D eigenvalue weighted by atomic mass is 127. The summed E-state index contributed by atoms with van der Waals surface area (Å²) in [7, 11) is 5.21. The monoisotopic (exact) mass is 538 g/mol. The zero-order valence-corrected chi connectivity index (χ0v) is 21.3. The molecule has 170 valence electrons. The third-order valence-electron chi connectivity index (χ3n) is 5.71. The molecule has 0 bridgehead atoms. The number of anilines is 1. The van der Waals surface area contributed by atoms with Gasteiger partial charge >= 0.3 is 0 Å². The first-order valence-electron chi connectivity index (χ1n) is 10.7. The molecule has 0 radical (unpaired) electrons. The van der Waals surface area contributed by atoms with Gasteiger partial charge in [-0.05, 0) is 30.4 Å². The third kappa shape index (κ3) is 6.92. The Labute approximate surface area is 203 Å². The number of halogens is 1. The number of rotatable bonds is 7. The van der Waals surface area contributed by atoms with Crippen molar-refractivity contribution in [2.45, 2.75) is 38.8 Å². The van der Waals surface area contributed by atoms with E-state index in [1.807, 2.05) is 13.1 Å². The lowest BCUT2D eigenvalue weighted by molar-refractivity contribution is 0.393. The number of nitrogens with zero attached hydrogens (tertiary/aromatic N) is 2. The van der Waals surface area contributed by atoms with Gasteiger partial charge in [0.05, 0.1) is 14.2 Å². The van der Waals surface area contributed by atoms with E-state index in [-0.39, 0.29) is 24.0 Å². The van der Waals surface area contributed by atoms with E-state index in [4.69, 9.17) is 9.47 Å². The van der Waals surface area contributed by atoms with Crippen LogP contribution in [0.2, 0.25) is 0 Å². The Balaban J connectivity index is 0.00000341. The quantitative estimate of drug-likeness (QED) is 0.314. The summed E-state index contributed by atoms with van der Waals surface area (Å²) in [5, 5.41) is 7.07. The second-order valence-electron chi connectivity index (χ2n) is 7.52. The summed E-state index contributed by atoms with van der Waals surface area (Å²) in [5.41, 5.74) is 3.84. The molecule has 0 spiro atoms. The fourth-order valence-corrected chi connectivity index (χ4v) is 3.90. The van der Waals surface area contributed by atoms with Crippen LogP contribution in [-0.2, 0) is 13.0 Å². The van der Waals surface area contributed by atoms with Gasteiger partial charge in [-0.25, -0.2) is 0 Å². The molecule has 1 saturated heterocycles. The van der Waals surface area contributed by atoms with Crippen LogP contribution in [0, 0.1) is 0 Å². The Bertz CT molecular complexity index is 829. The second kappa shape index (κ2) is 12.6. The van der Waals surface area contributed by atoms with E-state index >= 15 is 0 Å². The molecule has 2 aromatic carbocycles. The van der Waals surface area contributed by atoms with Crippen LogP contribution in [0.15, 0.2) is 47.5 Å². The molecular formula is C24H35IN4O2. The SMILES string of the molecule is CCc1ccccc1CNC(=NC)NC1CCN(c2cc(OC)cc(OC)c2)CC1.I. The van der Waals surface area contributed by atoms with Crippen LogP contribution in [0.25, 0.3) is 0 Å². The van der Waals surface area contributed by atoms with Gasteiger partial charge in [0.15, 0.2) is 5.96 Å². The van der Waals surface area contributed by atoms with Crippen LogP contribution in [0.4, 0.5) is 5.69 Å². The first-order valence-corrected chi connectivity index (χ1v) is 10.7. The Kier molecular flexibility index (Phi) is 10.2. The van der Waals surface area contributed by atoms with E-state index < -0.39 is 0 Å². The molecule has 0 unspecified atom stereocenters. The van der Waals surface area contributed by atoms with Crippen molar-refractivity contribution < 1.29 is 9.47 Å². The molecule has 0 aromatic heterocycles. The van der Waals surface area contributed by atoms with Gasteiger partial charge in [-0.15, -0.1) is 24.0 Å². The summed E-state index contributed by atoms with van der Waals surface area (Å²) in [6, 6.07) is 15.0. The third-order valence-corrected chi connectivity index (χ3v) is 5.71. The summed E-state index contributed by atoms with van der Waals surface area (Å²) >= 11 is 0. The highest BCUT2D eigenvalue weighted by molar-refractivity contribution is 14.0. The predicted molar refractivity (Wildman–Crippen MR) is 139 cm³/mol. The molecule has 0 atom stereocenters. The highest BCUT2D eigenvalue weighted by Gasteiger charge is 2.21. The maximum absolute atomic E-state index is 5.41. The van der Waals surface area contributed by atoms with E-state index in [0.717, 1.165) is 62.0 Å². The highest BCUT2D eigenvalue weighted by Crippen LogP contribution is 2.30. The lowest BCUT2D eigenvalue weighted by Crippen LogP contribution is -2.48. The minimum absolute atomic E-state index is 0. The van der Waals surface area contributed by atoms with E-state index in [9.17, 15) is 0 Å². The molecule has 1 aliphatic rings. The average Bonchev–Trinajstić information content (AvgIpc) is 2.81. The largest absolute Gasteiger partial charge is 0.497 e. The van der Waals surface area contributed by atoms with Crippen molar-refractivity contribution in [1.29, 1.82) is 0 Å². The number of guanidine groups is 1. The maximum atomic E-state index is 5.41. The van der Waals surface area contributed by atoms with Crippen molar-refractivity contribution in [3.63, 3.8) is 0 Å². The summed E-state index contributed by atoms with van der Waals surface area (Å²) in [4.78, 5) is 6.81. The number of methoxy groups -OCH3 is 2. The molecule has 1 fully saturated rings. The standard InChI is InChI=1S/C24H34N4O2.HI/c1-5-18-8-6-7-9-19(18)17-26-24(25-2)27-20-10-12-28(13-11-20)21-14-22(29-3)16-23(15-21)30-4;/h6-9,14-16,20H,5,10-13,17H2,1-4H3,(H2,25,26,27);1H. The van der Waals surface area contributed by atoms with Crippen molar-refractivity contribution >= 4 is 35.6 Å². The van der Waals surface area contributed by atoms with Gasteiger partial charge in [0.25, 0.3) is 0 Å². The minimum atomic E-state index is 0. The van der Waals surface area contributed by atoms with Crippen LogP contribution < -0.4 is 25.0 Å². The number of hydrogen-bond acceptors (Lipinski definition) is 4. The molecule has 2 N–H and O–H groups in total. The van der Waals surface area contributed by atoms with Crippen molar-refractivity contribution in [3.05, 3.63) is 53.6 Å². The van der Waals surface area contributed by atoms with Gasteiger partial charge in [-0.1, -0.05) is 31.2 Å². The van der Waals surface area contributed by atoms with Gasteiger partial charge in [-0.3, -0.25) is 4.99 Å². The summed E-state index contributed by atoms with van der Waals surface area (Å²) in [5.74, 6) is 2.51. The molecule has 0 saturated carbocycles. The molecular weight excluding hydrogens is 503 g/mol. The molecule has 0 amide bonds. The van der Waals surface area contributed by atoms with Gasteiger partial charge < -0.3 is 25.0 Å². The number of aryl methyl sites for hydroxylation is 1. The summed E-state index contributed by atoms with van der Waals surface area (Å²) < 4.78 is 10.8. The maximum Gasteiger partial charge on any atom is 0.191 e. The van der Waals surface area contributed by atoms with Crippen LogP contribution in [0.1, 0.15) is 30.9 Å². The topological polar surface area (TPSA) is 58.1 Å². The molecule has 1 aliphatic heterocycles. The Morgan fingerprint density at radius 2 is 1.65 bits per heavy atom. The molecule has 2 aromatic rings. The van der Waals surface area contributed by atoms with Gasteiger partial charge in [-0.2, -0.15) is 0 Å². The molecule has 1 heterocycles. The van der Waals surface area contributed by atoms with E-state index in [1.165, 1.54) is 11.1 Å². The van der Waals surface area contributed by atoms with Crippen molar-refractivity contribution in [3.8, 4) is 11.5 Å². The number of ether oxygens (including phenoxy) is 2. The number of piperidine rings is 1. The minimum Gasteiger partial charge on any atom is -0.497 e. The Morgan fingerprint density at radius 1 is 1.03 bits per heavy atom. The van der Waals surface area contributed by atoms with Crippen LogP contribution in [0.3, 0.4) is 0 Å². The molecule has 3 rings (SSSR count).